The van der Waals surface area contributed by atoms with E-state index in [-0.39, 0.29) is 5.91 Å². The molecule has 1 saturated heterocycles. The van der Waals surface area contributed by atoms with Crippen LogP contribution in [0.4, 0.5) is 5.00 Å². The van der Waals surface area contributed by atoms with Crippen molar-refractivity contribution in [2.24, 2.45) is 5.73 Å². The van der Waals surface area contributed by atoms with Crippen molar-refractivity contribution in [3.05, 3.63) is 45.3 Å². The number of thiophene rings is 1. The molecule has 1 atom stereocenters. The zero-order chi connectivity index (χ0) is 20.7. The van der Waals surface area contributed by atoms with Crippen LogP contribution in [0.5, 0.6) is 0 Å². The number of likely N-dealkylation sites (tertiary alicyclic amines) is 1. The van der Waals surface area contributed by atoms with Crippen LogP contribution in [-0.4, -0.2) is 41.3 Å². The first-order valence-electron chi connectivity index (χ1n) is 10.4. The topological polar surface area (TPSA) is 88.3 Å². The summed E-state index contributed by atoms with van der Waals surface area (Å²) >= 11 is 3.27. The number of anilines is 1. The molecule has 0 unspecified atom stereocenters. The van der Waals surface area contributed by atoms with E-state index < -0.39 is 5.91 Å². The lowest BCUT2D eigenvalue weighted by atomic mass is 9.99. The molecule has 3 heterocycles. The number of para-hydroxylation sites is 1. The molecule has 2 aromatic heterocycles. The number of aryl methyl sites for hydroxylation is 1. The fraction of sp³-hybridized carbons (Fsp3) is 0.409. The molecule has 0 radical (unpaired) electrons. The Bertz CT molecular complexity index is 1090. The maximum Gasteiger partial charge on any atom is 0.251 e. The van der Waals surface area contributed by atoms with Crippen molar-refractivity contribution in [3.8, 4) is 0 Å². The number of nitrogens with two attached hydrogens (primary N) is 1. The Morgan fingerprint density at radius 1 is 1.20 bits per heavy atom. The highest BCUT2D eigenvalue weighted by atomic mass is 32.1. The summed E-state index contributed by atoms with van der Waals surface area (Å²) < 4.78 is 1.21. The molecule has 1 aliphatic heterocycles. The molecule has 3 N–H and O–H groups in total. The molecule has 8 heteroatoms. The quantitative estimate of drug-likeness (QED) is 0.632. The van der Waals surface area contributed by atoms with Crippen molar-refractivity contribution < 1.29 is 9.59 Å². The number of carbonyl (C=O) groups excluding carboxylic acids is 2. The Kier molecular flexibility index (Phi) is 5.30. The highest BCUT2D eigenvalue weighted by Gasteiger charge is 2.28. The van der Waals surface area contributed by atoms with E-state index in [4.69, 9.17) is 10.7 Å². The maximum absolute atomic E-state index is 12.8. The number of carbonyl (C=O) groups is 2. The third-order valence-electron chi connectivity index (χ3n) is 5.95. The van der Waals surface area contributed by atoms with Gasteiger partial charge in [-0.05, 0) is 56.3 Å². The molecule has 156 valence electrons. The molecule has 1 aliphatic carbocycles. The largest absolute Gasteiger partial charge is 0.365 e. The summed E-state index contributed by atoms with van der Waals surface area (Å²) in [6.45, 7) is 2.05. The molecule has 1 fully saturated rings. The van der Waals surface area contributed by atoms with Crippen molar-refractivity contribution in [2.75, 3.05) is 25.0 Å². The van der Waals surface area contributed by atoms with Crippen molar-refractivity contribution in [1.82, 2.24) is 9.88 Å². The van der Waals surface area contributed by atoms with Gasteiger partial charge in [-0.1, -0.05) is 12.1 Å². The number of primary amides is 1. The molecule has 2 aliphatic rings. The van der Waals surface area contributed by atoms with Gasteiger partial charge in [-0.15, -0.1) is 22.7 Å². The second-order valence-corrected chi connectivity index (χ2v) is 10.2. The number of fused-ring (bicyclic) bond motifs is 2. The predicted octanol–water partition coefficient (Wildman–Crippen LogP) is 3.76. The van der Waals surface area contributed by atoms with Gasteiger partial charge in [0.05, 0.1) is 27.3 Å². The van der Waals surface area contributed by atoms with Crippen LogP contribution >= 0.6 is 22.7 Å². The summed E-state index contributed by atoms with van der Waals surface area (Å²) in [6, 6.07) is 8.23. The van der Waals surface area contributed by atoms with Crippen molar-refractivity contribution in [2.45, 2.75) is 38.0 Å². The number of nitrogens with one attached hydrogen (secondary N) is 1. The Labute approximate surface area is 183 Å². The number of aromatic nitrogens is 1. The minimum absolute atomic E-state index is 0.0811. The Morgan fingerprint density at radius 3 is 2.90 bits per heavy atom. The van der Waals surface area contributed by atoms with Crippen LogP contribution in [0, 0.1) is 0 Å². The van der Waals surface area contributed by atoms with Crippen LogP contribution < -0.4 is 11.1 Å². The van der Waals surface area contributed by atoms with Crippen LogP contribution in [-0.2, 0) is 17.6 Å². The number of hydrogen-bond acceptors (Lipinski definition) is 6. The summed E-state index contributed by atoms with van der Waals surface area (Å²) in [5.74, 6) is -0.170. The predicted molar refractivity (Wildman–Crippen MR) is 122 cm³/mol. The average molecular weight is 441 g/mol. The highest BCUT2D eigenvalue weighted by molar-refractivity contribution is 7.18. The SMILES string of the molecule is NC(=O)c1c(NC(=O)CN2CCC[C@H](c3nc4ccccc4s3)C2)sc2c1CCC2. The van der Waals surface area contributed by atoms with E-state index in [2.05, 4.69) is 22.3 Å². The molecule has 0 saturated carbocycles. The summed E-state index contributed by atoms with van der Waals surface area (Å²) in [7, 11) is 0. The van der Waals surface area contributed by atoms with Crippen LogP contribution in [0.1, 0.15) is 51.0 Å². The molecule has 30 heavy (non-hydrogen) atoms. The first-order valence-corrected chi connectivity index (χ1v) is 12.0. The minimum atomic E-state index is -0.446. The first-order chi connectivity index (χ1) is 14.6. The van der Waals surface area contributed by atoms with E-state index in [1.54, 1.807) is 11.3 Å². The number of rotatable bonds is 5. The third kappa shape index (κ3) is 3.75. The number of benzene rings is 1. The Morgan fingerprint density at radius 2 is 2.07 bits per heavy atom. The maximum atomic E-state index is 12.8. The second kappa shape index (κ2) is 8.09. The van der Waals surface area contributed by atoms with Gasteiger partial charge in [0.2, 0.25) is 5.91 Å². The number of amides is 2. The third-order valence-corrected chi connectivity index (χ3v) is 8.36. The number of hydrogen-bond donors (Lipinski definition) is 2. The molecule has 1 aromatic carbocycles. The Hall–Kier alpha value is -2.29. The summed E-state index contributed by atoms with van der Waals surface area (Å²) in [6.07, 6.45) is 5.04. The van der Waals surface area contributed by atoms with Gasteiger partial charge in [-0.3, -0.25) is 14.5 Å². The zero-order valence-electron chi connectivity index (χ0n) is 16.6. The first kappa shape index (κ1) is 19.7. The van der Waals surface area contributed by atoms with Gasteiger partial charge in [0, 0.05) is 17.3 Å². The number of thiazole rings is 1. The van der Waals surface area contributed by atoms with Crippen molar-refractivity contribution in [1.29, 1.82) is 0 Å². The van der Waals surface area contributed by atoms with Gasteiger partial charge in [-0.25, -0.2) is 4.98 Å². The van der Waals surface area contributed by atoms with Crippen LogP contribution in [0.15, 0.2) is 24.3 Å². The number of nitrogens with zero attached hydrogens (tertiary/aromatic N) is 2. The smallest absolute Gasteiger partial charge is 0.251 e. The van der Waals surface area contributed by atoms with Crippen LogP contribution in [0.25, 0.3) is 10.2 Å². The fourth-order valence-corrected chi connectivity index (χ4v) is 6.99. The number of piperidine rings is 1. The molecule has 0 spiro atoms. The van der Waals surface area contributed by atoms with Gasteiger partial charge in [0.15, 0.2) is 0 Å². The molecule has 0 bridgehead atoms. The summed E-state index contributed by atoms with van der Waals surface area (Å²) in [4.78, 5) is 32.9. The van der Waals surface area contributed by atoms with Gasteiger partial charge >= 0.3 is 0 Å². The molecular weight excluding hydrogens is 416 g/mol. The molecule has 5 rings (SSSR count). The highest BCUT2D eigenvalue weighted by Crippen LogP contribution is 2.39. The average Bonchev–Trinajstić information content (AvgIpc) is 3.41. The monoisotopic (exact) mass is 440 g/mol. The lowest BCUT2D eigenvalue weighted by molar-refractivity contribution is -0.117. The molecular formula is C22H24N4O2S2. The van der Waals surface area contributed by atoms with Gasteiger partial charge in [-0.2, -0.15) is 0 Å². The molecule has 2 amide bonds. The van der Waals surface area contributed by atoms with Gasteiger partial charge in [0.1, 0.15) is 5.00 Å². The van der Waals surface area contributed by atoms with Gasteiger partial charge in [0.25, 0.3) is 5.91 Å². The normalized spacial score (nSPS) is 19.1. The van der Waals surface area contributed by atoms with Crippen molar-refractivity contribution in [3.63, 3.8) is 0 Å². The fourth-order valence-electron chi connectivity index (χ4n) is 4.59. The van der Waals surface area contributed by atoms with E-state index in [0.29, 0.717) is 23.0 Å². The minimum Gasteiger partial charge on any atom is -0.365 e. The van der Waals surface area contributed by atoms with Crippen LogP contribution in [0.2, 0.25) is 0 Å². The van der Waals surface area contributed by atoms with E-state index in [1.807, 2.05) is 12.1 Å². The van der Waals surface area contributed by atoms with Crippen LogP contribution in [0.3, 0.4) is 0 Å². The zero-order valence-corrected chi connectivity index (χ0v) is 18.3. The summed E-state index contributed by atoms with van der Waals surface area (Å²) in [5.41, 5.74) is 8.22. The van der Waals surface area contributed by atoms with Crippen molar-refractivity contribution >= 4 is 49.7 Å². The standard InChI is InChI=1S/C22H24N4O2S2/c23-20(28)19-14-6-3-9-16(14)29-22(19)25-18(27)12-26-10-4-5-13(11-26)21-24-15-7-1-2-8-17(15)30-21/h1-2,7-8,13H,3-6,9-12H2,(H2,23,28)(H,25,27)/t13-/m0/s1. The van der Waals surface area contributed by atoms with E-state index >= 15 is 0 Å². The summed E-state index contributed by atoms with van der Waals surface area (Å²) in [5, 5.41) is 4.75. The molecule has 3 aromatic rings. The molecule has 6 nitrogen and oxygen atoms in total. The second-order valence-electron chi connectivity index (χ2n) is 8.07. The van der Waals surface area contributed by atoms with E-state index in [1.165, 1.54) is 20.9 Å². The lowest BCUT2D eigenvalue weighted by Gasteiger charge is -2.31. The van der Waals surface area contributed by atoms with Gasteiger partial charge < -0.3 is 11.1 Å². The van der Waals surface area contributed by atoms with E-state index in [0.717, 1.165) is 61.3 Å². The lowest BCUT2D eigenvalue weighted by Crippen LogP contribution is -2.39. The van der Waals surface area contributed by atoms with E-state index in [9.17, 15) is 9.59 Å². The Balaban J connectivity index is 1.26.